The summed E-state index contributed by atoms with van der Waals surface area (Å²) in [5.74, 6) is 1.17. The molecule has 0 aliphatic carbocycles. The molecule has 0 bridgehead atoms. The molecule has 1 unspecified atom stereocenters. The number of nitrogens with zero attached hydrogens (tertiary/aromatic N) is 1. The number of thiazole rings is 1. The van der Waals surface area contributed by atoms with Crippen LogP contribution in [0.4, 0.5) is 0 Å². The molecular formula is C15H17Cl2NS. The van der Waals surface area contributed by atoms with E-state index in [1.807, 2.05) is 23.7 Å². The summed E-state index contributed by atoms with van der Waals surface area (Å²) in [4.78, 5) is 5.66. The zero-order valence-corrected chi connectivity index (χ0v) is 13.2. The number of hydrogen-bond donors (Lipinski definition) is 0. The first-order valence-electron chi connectivity index (χ1n) is 6.38. The number of rotatable bonds is 6. The first-order valence-corrected chi connectivity index (χ1v) is 8.17. The van der Waals surface area contributed by atoms with E-state index in [1.54, 1.807) is 11.3 Å². The molecule has 0 radical (unpaired) electrons. The van der Waals surface area contributed by atoms with Crippen LogP contribution in [0.2, 0.25) is 5.02 Å². The third-order valence-electron chi connectivity index (χ3n) is 3.26. The predicted octanol–water partition coefficient (Wildman–Crippen LogP) is 5.14. The fourth-order valence-electron chi connectivity index (χ4n) is 2.13. The number of hydrogen-bond acceptors (Lipinski definition) is 2. The van der Waals surface area contributed by atoms with Crippen LogP contribution in [0.25, 0.3) is 0 Å². The second-order valence-electron chi connectivity index (χ2n) is 4.75. The summed E-state index contributed by atoms with van der Waals surface area (Å²) in [6.45, 7) is 2.07. The molecule has 1 aromatic carbocycles. The largest absolute Gasteiger partial charge is 0.250 e. The molecule has 0 amide bonds. The van der Waals surface area contributed by atoms with E-state index < -0.39 is 0 Å². The molecule has 2 aromatic rings. The predicted molar refractivity (Wildman–Crippen MR) is 84.5 cm³/mol. The molecule has 2 rings (SSSR count). The third-order valence-corrected chi connectivity index (χ3v) is 4.92. The summed E-state index contributed by atoms with van der Waals surface area (Å²) in [5.41, 5.74) is 4.33. The molecule has 1 nitrogen and oxygen atoms in total. The van der Waals surface area contributed by atoms with Crippen molar-refractivity contribution >= 4 is 34.5 Å². The third kappa shape index (κ3) is 4.48. The molecule has 1 aromatic heterocycles. The zero-order valence-electron chi connectivity index (χ0n) is 10.9. The van der Waals surface area contributed by atoms with E-state index in [1.165, 1.54) is 10.4 Å². The van der Waals surface area contributed by atoms with Gasteiger partial charge in [0, 0.05) is 15.8 Å². The smallest absolute Gasteiger partial charge is 0.0797 e. The Morgan fingerprint density at radius 3 is 2.84 bits per heavy atom. The number of benzene rings is 1. The molecule has 0 fully saturated rings. The Morgan fingerprint density at radius 1 is 1.37 bits per heavy atom. The SMILES string of the molecule is Cc1ncsc1CCC(CCl)Cc1cccc(Cl)c1. The maximum atomic E-state index is 6.09. The average Bonchev–Trinajstić information content (AvgIpc) is 2.80. The van der Waals surface area contributed by atoms with Crippen molar-refractivity contribution in [1.29, 1.82) is 0 Å². The lowest BCUT2D eigenvalue weighted by atomic mass is 9.96. The van der Waals surface area contributed by atoms with Crippen LogP contribution in [0.3, 0.4) is 0 Å². The topological polar surface area (TPSA) is 12.9 Å². The van der Waals surface area contributed by atoms with Gasteiger partial charge in [-0.2, -0.15) is 0 Å². The van der Waals surface area contributed by atoms with Crippen molar-refractivity contribution in [2.45, 2.75) is 26.2 Å². The summed E-state index contributed by atoms with van der Waals surface area (Å²) >= 11 is 13.8. The molecule has 102 valence electrons. The van der Waals surface area contributed by atoms with Gasteiger partial charge < -0.3 is 0 Å². The number of aromatic nitrogens is 1. The quantitative estimate of drug-likeness (QED) is 0.673. The van der Waals surface area contributed by atoms with Gasteiger partial charge in [0.05, 0.1) is 11.2 Å². The van der Waals surface area contributed by atoms with Crippen LogP contribution in [-0.2, 0) is 12.8 Å². The molecule has 0 saturated heterocycles. The van der Waals surface area contributed by atoms with Gasteiger partial charge in [-0.1, -0.05) is 23.7 Å². The lowest BCUT2D eigenvalue weighted by Gasteiger charge is -2.13. The molecule has 0 saturated carbocycles. The first-order chi connectivity index (χ1) is 9.19. The van der Waals surface area contributed by atoms with Crippen LogP contribution >= 0.6 is 34.5 Å². The highest BCUT2D eigenvalue weighted by molar-refractivity contribution is 7.09. The Labute approximate surface area is 128 Å². The Kier molecular flexibility index (Phi) is 5.68. The van der Waals surface area contributed by atoms with E-state index >= 15 is 0 Å². The molecule has 0 spiro atoms. The summed E-state index contributed by atoms with van der Waals surface area (Å²) in [7, 11) is 0. The minimum Gasteiger partial charge on any atom is -0.250 e. The fourth-order valence-corrected chi connectivity index (χ4v) is 3.41. The van der Waals surface area contributed by atoms with E-state index in [-0.39, 0.29) is 0 Å². The van der Waals surface area contributed by atoms with E-state index in [9.17, 15) is 0 Å². The highest BCUT2D eigenvalue weighted by atomic mass is 35.5. The van der Waals surface area contributed by atoms with Crippen LogP contribution in [0.15, 0.2) is 29.8 Å². The van der Waals surface area contributed by atoms with Crippen molar-refractivity contribution in [2.24, 2.45) is 5.92 Å². The lowest BCUT2D eigenvalue weighted by molar-refractivity contribution is 0.538. The highest BCUT2D eigenvalue weighted by Crippen LogP contribution is 2.22. The van der Waals surface area contributed by atoms with Crippen molar-refractivity contribution in [3.8, 4) is 0 Å². The molecule has 1 atom stereocenters. The fraction of sp³-hybridized carbons (Fsp3) is 0.400. The van der Waals surface area contributed by atoms with Gasteiger partial charge in [0.2, 0.25) is 0 Å². The van der Waals surface area contributed by atoms with Gasteiger partial charge in [-0.05, 0) is 49.8 Å². The van der Waals surface area contributed by atoms with E-state index in [2.05, 4.69) is 18.0 Å². The zero-order chi connectivity index (χ0) is 13.7. The van der Waals surface area contributed by atoms with Gasteiger partial charge in [0.1, 0.15) is 0 Å². The Bertz CT molecular complexity index is 524. The standard InChI is InChI=1S/C15H17Cl2NS/c1-11-15(19-10-18-11)6-5-13(9-16)7-12-3-2-4-14(17)8-12/h2-4,8,10,13H,5-7,9H2,1H3. The minimum atomic E-state index is 0.488. The molecule has 0 aliphatic rings. The van der Waals surface area contributed by atoms with Crippen molar-refractivity contribution in [1.82, 2.24) is 4.98 Å². The molecule has 0 aliphatic heterocycles. The van der Waals surface area contributed by atoms with E-state index in [4.69, 9.17) is 23.2 Å². The van der Waals surface area contributed by atoms with Gasteiger partial charge >= 0.3 is 0 Å². The molecule has 1 heterocycles. The van der Waals surface area contributed by atoms with Crippen LogP contribution in [0.1, 0.15) is 22.6 Å². The molecule has 0 N–H and O–H groups in total. The molecule has 4 heteroatoms. The number of aryl methyl sites for hydroxylation is 2. The van der Waals surface area contributed by atoms with Gasteiger partial charge in [0.25, 0.3) is 0 Å². The second kappa shape index (κ2) is 7.28. The lowest BCUT2D eigenvalue weighted by Crippen LogP contribution is -2.08. The normalized spacial score (nSPS) is 12.6. The van der Waals surface area contributed by atoms with Crippen molar-refractivity contribution in [2.75, 3.05) is 5.88 Å². The van der Waals surface area contributed by atoms with Crippen molar-refractivity contribution in [3.63, 3.8) is 0 Å². The van der Waals surface area contributed by atoms with E-state index in [0.717, 1.165) is 30.0 Å². The van der Waals surface area contributed by atoms with Crippen molar-refractivity contribution in [3.05, 3.63) is 50.9 Å². The van der Waals surface area contributed by atoms with Crippen LogP contribution in [0.5, 0.6) is 0 Å². The summed E-state index contributed by atoms with van der Waals surface area (Å²) in [5, 5.41) is 0.795. The minimum absolute atomic E-state index is 0.488. The Hall–Kier alpha value is -0.570. The summed E-state index contributed by atoms with van der Waals surface area (Å²) in [6.07, 6.45) is 3.15. The van der Waals surface area contributed by atoms with E-state index in [0.29, 0.717) is 11.8 Å². The first kappa shape index (κ1) is 14.8. The number of halogens is 2. The van der Waals surface area contributed by atoms with Gasteiger partial charge in [-0.15, -0.1) is 22.9 Å². The van der Waals surface area contributed by atoms with Crippen molar-refractivity contribution < 1.29 is 0 Å². The molecular weight excluding hydrogens is 297 g/mol. The summed E-state index contributed by atoms with van der Waals surface area (Å²) < 4.78 is 0. The maximum Gasteiger partial charge on any atom is 0.0797 e. The summed E-state index contributed by atoms with van der Waals surface area (Å²) in [6, 6.07) is 8.04. The van der Waals surface area contributed by atoms with Crippen LogP contribution in [-0.4, -0.2) is 10.9 Å². The van der Waals surface area contributed by atoms with Crippen LogP contribution < -0.4 is 0 Å². The maximum absolute atomic E-state index is 6.09. The van der Waals surface area contributed by atoms with Gasteiger partial charge in [0.15, 0.2) is 0 Å². The average molecular weight is 314 g/mol. The monoisotopic (exact) mass is 313 g/mol. The second-order valence-corrected chi connectivity index (χ2v) is 6.44. The number of alkyl halides is 1. The highest BCUT2D eigenvalue weighted by Gasteiger charge is 2.11. The molecule has 19 heavy (non-hydrogen) atoms. The Morgan fingerprint density at radius 2 is 2.21 bits per heavy atom. The van der Waals surface area contributed by atoms with Gasteiger partial charge in [-0.25, -0.2) is 4.98 Å². The van der Waals surface area contributed by atoms with Crippen LogP contribution in [0, 0.1) is 12.8 Å². The van der Waals surface area contributed by atoms with Gasteiger partial charge in [-0.3, -0.25) is 0 Å². The Balaban J connectivity index is 1.92.